The molecule has 0 aliphatic carbocycles. The fourth-order valence-electron chi connectivity index (χ4n) is 2.18. The molecule has 9 nitrogen and oxygen atoms in total. The summed E-state index contributed by atoms with van der Waals surface area (Å²) in [5.41, 5.74) is 1.43. The minimum atomic E-state index is -0.448. The molecule has 9 heteroatoms. The van der Waals surface area contributed by atoms with Gasteiger partial charge in [0.15, 0.2) is 5.82 Å². The Morgan fingerprint density at radius 1 is 1.16 bits per heavy atom. The van der Waals surface area contributed by atoms with Crippen LogP contribution < -0.4 is 10.6 Å². The second-order valence-corrected chi connectivity index (χ2v) is 6.46. The molecule has 3 aromatic rings. The fraction of sp³-hybridized carbons (Fsp3) is 0.250. The predicted octanol–water partition coefficient (Wildman–Crippen LogP) is 3.28. The van der Waals surface area contributed by atoms with Gasteiger partial charge in [-0.05, 0) is 26.8 Å². The number of nitrogens with zero attached hydrogens (tertiary/aromatic N) is 5. The first kappa shape index (κ1) is 16.5. The van der Waals surface area contributed by atoms with Crippen molar-refractivity contribution in [3.05, 3.63) is 46.9 Å². The number of nitro benzene ring substituents is 1. The molecule has 0 unspecified atom stereocenters. The van der Waals surface area contributed by atoms with Crippen LogP contribution in [0.15, 0.2) is 36.8 Å². The third-order valence-corrected chi connectivity index (χ3v) is 3.18. The lowest BCUT2D eigenvalue weighted by Crippen LogP contribution is -2.27. The molecule has 0 fully saturated rings. The van der Waals surface area contributed by atoms with Gasteiger partial charge in [0.25, 0.3) is 5.69 Å². The summed E-state index contributed by atoms with van der Waals surface area (Å²) in [5, 5.41) is 17.2. The van der Waals surface area contributed by atoms with Gasteiger partial charge in [-0.15, -0.1) is 0 Å². The van der Waals surface area contributed by atoms with Gasteiger partial charge in [-0.1, -0.05) is 6.07 Å². The largest absolute Gasteiger partial charge is 0.350 e. The normalized spacial score (nSPS) is 11.3. The number of hydrogen-bond acceptors (Lipinski definition) is 8. The summed E-state index contributed by atoms with van der Waals surface area (Å²) < 4.78 is 0. The van der Waals surface area contributed by atoms with Crippen LogP contribution in [-0.4, -0.2) is 30.4 Å². The lowest BCUT2D eigenvalue weighted by Gasteiger charge is -2.20. The fourth-order valence-corrected chi connectivity index (χ4v) is 2.18. The summed E-state index contributed by atoms with van der Waals surface area (Å²) in [4.78, 5) is 27.5. The minimum Gasteiger partial charge on any atom is -0.350 e. The van der Waals surface area contributed by atoms with Crippen molar-refractivity contribution in [3.8, 4) is 0 Å². The second-order valence-electron chi connectivity index (χ2n) is 6.46. The van der Waals surface area contributed by atoms with Gasteiger partial charge in [-0.3, -0.25) is 10.1 Å². The molecule has 0 aliphatic heterocycles. The van der Waals surface area contributed by atoms with E-state index in [1.807, 2.05) is 20.8 Å². The zero-order valence-corrected chi connectivity index (χ0v) is 14.0. The van der Waals surface area contributed by atoms with Crippen molar-refractivity contribution in [2.75, 3.05) is 10.6 Å². The van der Waals surface area contributed by atoms with Crippen molar-refractivity contribution in [3.63, 3.8) is 0 Å². The van der Waals surface area contributed by atoms with Gasteiger partial charge in [-0.25, -0.2) is 19.9 Å². The predicted molar refractivity (Wildman–Crippen MR) is 94.9 cm³/mol. The van der Waals surface area contributed by atoms with Gasteiger partial charge < -0.3 is 10.6 Å². The van der Waals surface area contributed by atoms with Crippen LogP contribution in [-0.2, 0) is 0 Å². The number of non-ortho nitro benzene ring substituents is 1. The number of nitrogens with one attached hydrogen (secondary N) is 2. The number of aromatic nitrogens is 4. The molecule has 1 aromatic carbocycles. The second kappa shape index (κ2) is 6.27. The highest BCUT2D eigenvalue weighted by Crippen LogP contribution is 2.24. The third kappa shape index (κ3) is 3.94. The van der Waals surface area contributed by atoms with Crippen molar-refractivity contribution in [2.24, 2.45) is 0 Å². The molecule has 3 rings (SSSR count). The minimum absolute atomic E-state index is 0.00641. The van der Waals surface area contributed by atoms with Gasteiger partial charge in [0.1, 0.15) is 17.4 Å². The van der Waals surface area contributed by atoms with Crippen LogP contribution >= 0.6 is 0 Å². The van der Waals surface area contributed by atoms with E-state index in [9.17, 15) is 10.1 Å². The van der Waals surface area contributed by atoms with Gasteiger partial charge in [0.05, 0.1) is 11.1 Å². The lowest BCUT2D eigenvalue weighted by atomic mass is 10.1. The summed E-state index contributed by atoms with van der Waals surface area (Å²) in [7, 11) is 0. The van der Waals surface area contributed by atoms with Crippen LogP contribution in [0.2, 0.25) is 0 Å². The summed E-state index contributed by atoms with van der Waals surface area (Å²) in [6.07, 6.45) is 3.00. The molecule has 25 heavy (non-hydrogen) atoms. The first-order chi connectivity index (χ1) is 11.8. The van der Waals surface area contributed by atoms with E-state index in [1.165, 1.54) is 18.5 Å². The Kier molecular flexibility index (Phi) is 4.14. The van der Waals surface area contributed by atoms with Gasteiger partial charge in [-0.2, -0.15) is 0 Å². The standard InChI is InChI=1S/C16H17N7O2/c1-16(2,3)22-15-17-8-12-13(21-15)14(19-9-18-12)20-10-5-4-6-11(7-10)23(24)25/h4-9H,1-3H3,(H,17,21,22)(H,18,19,20). The van der Waals surface area contributed by atoms with E-state index in [0.717, 1.165) is 0 Å². The van der Waals surface area contributed by atoms with Crippen molar-refractivity contribution in [1.29, 1.82) is 0 Å². The van der Waals surface area contributed by atoms with E-state index < -0.39 is 4.92 Å². The first-order valence-corrected chi connectivity index (χ1v) is 7.59. The summed E-state index contributed by atoms with van der Waals surface area (Å²) in [6, 6.07) is 6.18. The number of anilines is 3. The molecule has 0 bridgehead atoms. The molecule has 2 aromatic heterocycles. The molecule has 0 atom stereocenters. The Labute approximate surface area is 143 Å². The summed E-state index contributed by atoms with van der Waals surface area (Å²) >= 11 is 0. The SMILES string of the molecule is CC(C)(C)Nc1ncc2ncnc(Nc3cccc([N+](=O)[O-])c3)c2n1. The van der Waals surface area contributed by atoms with E-state index in [2.05, 4.69) is 30.6 Å². The van der Waals surface area contributed by atoms with E-state index in [1.54, 1.807) is 18.3 Å². The van der Waals surface area contributed by atoms with Crippen LogP contribution in [0.4, 0.5) is 23.1 Å². The quantitative estimate of drug-likeness (QED) is 0.549. The van der Waals surface area contributed by atoms with E-state index in [4.69, 9.17) is 0 Å². The van der Waals surface area contributed by atoms with E-state index in [0.29, 0.717) is 28.5 Å². The molecule has 0 radical (unpaired) electrons. The lowest BCUT2D eigenvalue weighted by molar-refractivity contribution is -0.384. The third-order valence-electron chi connectivity index (χ3n) is 3.18. The summed E-state index contributed by atoms with van der Waals surface area (Å²) in [5.74, 6) is 0.904. The van der Waals surface area contributed by atoms with Crippen LogP contribution in [0, 0.1) is 10.1 Å². The number of hydrogen-bond donors (Lipinski definition) is 2. The topological polar surface area (TPSA) is 119 Å². The van der Waals surface area contributed by atoms with Gasteiger partial charge >= 0.3 is 0 Å². The van der Waals surface area contributed by atoms with Gasteiger partial charge in [0, 0.05) is 23.4 Å². The molecular formula is C16H17N7O2. The van der Waals surface area contributed by atoms with E-state index in [-0.39, 0.29) is 11.2 Å². The van der Waals surface area contributed by atoms with Gasteiger partial charge in [0.2, 0.25) is 5.95 Å². The van der Waals surface area contributed by atoms with Crippen LogP contribution in [0.25, 0.3) is 11.0 Å². The number of benzene rings is 1. The molecule has 128 valence electrons. The van der Waals surface area contributed by atoms with Crippen molar-refractivity contribution >= 4 is 34.2 Å². The van der Waals surface area contributed by atoms with Crippen LogP contribution in [0.3, 0.4) is 0 Å². The zero-order chi connectivity index (χ0) is 18.0. The molecule has 0 amide bonds. The van der Waals surface area contributed by atoms with Crippen LogP contribution in [0.5, 0.6) is 0 Å². The number of rotatable bonds is 4. The molecule has 0 spiro atoms. The molecule has 2 N–H and O–H groups in total. The average Bonchev–Trinajstić information content (AvgIpc) is 2.54. The first-order valence-electron chi connectivity index (χ1n) is 7.59. The van der Waals surface area contributed by atoms with E-state index >= 15 is 0 Å². The Morgan fingerprint density at radius 3 is 2.68 bits per heavy atom. The number of fused-ring (bicyclic) bond motifs is 1. The van der Waals surface area contributed by atoms with Crippen molar-refractivity contribution in [2.45, 2.75) is 26.3 Å². The molecule has 2 heterocycles. The Hall–Kier alpha value is -3.36. The zero-order valence-electron chi connectivity index (χ0n) is 14.0. The van der Waals surface area contributed by atoms with Crippen molar-refractivity contribution in [1.82, 2.24) is 19.9 Å². The summed E-state index contributed by atoms with van der Waals surface area (Å²) in [6.45, 7) is 6.01. The maximum absolute atomic E-state index is 10.9. The van der Waals surface area contributed by atoms with Crippen LogP contribution in [0.1, 0.15) is 20.8 Å². The highest BCUT2D eigenvalue weighted by Gasteiger charge is 2.14. The molecule has 0 saturated heterocycles. The maximum Gasteiger partial charge on any atom is 0.271 e. The molecule has 0 saturated carbocycles. The highest BCUT2D eigenvalue weighted by atomic mass is 16.6. The van der Waals surface area contributed by atoms with Crippen molar-refractivity contribution < 1.29 is 4.92 Å². The number of nitro groups is 1. The highest BCUT2D eigenvalue weighted by molar-refractivity contribution is 5.87. The smallest absolute Gasteiger partial charge is 0.271 e. The maximum atomic E-state index is 10.9. The average molecular weight is 339 g/mol. The Balaban J connectivity index is 1.99. The molecule has 0 aliphatic rings. The Morgan fingerprint density at radius 2 is 1.96 bits per heavy atom. The monoisotopic (exact) mass is 339 g/mol. The Bertz CT molecular complexity index is 937. The molecular weight excluding hydrogens is 322 g/mol.